The third-order valence-corrected chi connectivity index (χ3v) is 8.30. The summed E-state index contributed by atoms with van der Waals surface area (Å²) in [6.45, 7) is 4.34. The van der Waals surface area contributed by atoms with Crippen LogP contribution in [0, 0.1) is 0 Å². The number of aliphatic hydroxyl groups excluding tert-OH is 2. The number of carbonyl (C=O) groups excluding carboxylic acids is 1. The fourth-order valence-electron chi connectivity index (χ4n) is 5.41. The summed E-state index contributed by atoms with van der Waals surface area (Å²) in [4.78, 5) is 22.3. The molecule has 1 heterocycles. The maximum absolute atomic E-state index is 14.5. The molecule has 230 valence electrons. The van der Waals surface area contributed by atoms with E-state index in [9.17, 15) is 28.2 Å². The number of amidine groups is 1. The highest BCUT2D eigenvalue weighted by Crippen LogP contribution is 2.54. The van der Waals surface area contributed by atoms with Gasteiger partial charge in [-0.25, -0.2) is 4.79 Å². The fraction of sp³-hybridized carbons (Fsp3) is 0.355. The highest BCUT2D eigenvalue weighted by molar-refractivity contribution is 6.30. The summed E-state index contributed by atoms with van der Waals surface area (Å²) in [5.74, 6) is -0.0542. The quantitative estimate of drug-likeness (QED) is 0.273. The molecule has 0 saturated heterocycles. The Morgan fingerprint density at radius 3 is 1.95 bits per heavy atom. The minimum absolute atomic E-state index is 0.0537. The number of ether oxygens (including phenoxy) is 1. The number of hydrogen-bond acceptors (Lipinski definition) is 5. The van der Waals surface area contributed by atoms with E-state index < -0.39 is 28.8 Å². The Labute approximate surface area is 258 Å². The molecule has 2 unspecified atom stereocenters. The summed E-state index contributed by atoms with van der Waals surface area (Å²) >= 11 is 12.5. The number of carbonyl (C=O) groups is 1. The highest BCUT2D eigenvalue weighted by Gasteiger charge is 2.60. The lowest BCUT2D eigenvalue weighted by Crippen LogP contribution is -2.58. The van der Waals surface area contributed by atoms with E-state index in [0.717, 1.165) is 12.1 Å². The van der Waals surface area contributed by atoms with E-state index in [-0.39, 0.29) is 50.1 Å². The Morgan fingerprint density at radius 1 is 0.930 bits per heavy atom. The van der Waals surface area contributed by atoms with E-state index in [1.54, 1.807) is 62.4 Å². The average molecular weight is 639 g/mol. The highest BCUT2D eigenvalue weighted by atomic mass is 35.5. The maximum Gasteiger partial charge on any atom is 0.416 e. The molecule has 43 heavy (non-hydrogen) atoms. The number of nitrogens with zero attached hydrogens (tertiary/aromatic N) is 3. The van der Waals surface area contributed by atoms with E-state index in [2.05, 4.69) is 0 Å². The monoisotopic (exact) mass is 637 g/mol. The second-order valence-electron chi connectivity index (χ2n) is 10.3. The van der Waals surface area contributed by atoms with Gasteiger partial charge < -0.3 is 19.8 Å². The van der Waals surface area contributed by atoms with Crippen LogP contribution < -0.4 is 4.74 Å². The summed E-state index contributed by atoms with van der Waals surface area (Å²) in [6.07, 6.45) is -4.63. The lowest BCUT2D eigenvalue weighted by molar-refractivity contribution is -0.137. The molecule has 1 aliphatic heterocycles. The molecule has 0 bridgehead atoms. The zero-order valence-electron chi connectivity index (χ0n) is 23.8. The van der Waals surface area contributed by atoms with Gasteiger partial charge in [0.1, 0.15) is 22.7 Å². The molecule has 0 spiro atoms. The van der Waals surface area contributed by atoms with E-state index in [1.165, 1.54) is 15.9 Å². The van der Waals surface area contributed by atoms with E-state index in [4.69, 9.17) is 32.9 Å². The van der Waals surface area contributed by atoms with Crippen molar-refractivity contribution in [1.82, 2.24) is 9.80 Å². The first-order chi connectivity index (χ1) is 20.3. The van der Waals surface area contributed by atoms with Crippen LogP contribution in [0.1, 0.15) is 43.0 Å². The predicted molar refractivity (Wildman–Crippen MR) is 160 cm³/mol. The Kier molecular flexibility index (Phi) is 9.66. The zero-order chi connectivity index (χ0) is 31.6. The van der Waals surface area contributed by atoms with Gasteiger partial charge in [-0.3, -0.25) is 9.89 Å². The third kappa shape index (κ3) is 6.06. The summed E-state index contributed by atoms with van der Waals surface area (Å²) in [5, 5.41) is 20.5. The van der Waals surface area contributed by atoms with Gasteiger partial charge in [0.15, 0.2) is 0 Å². The van der Waals surface area contributed by atoms with E-state index in [0.29, 0.717) is 21.2 Å². The number of benzene rings is 3. The minimum Gasteiger partial charge on any atom is -0.493 e. The second kappa shape index (κ2) is 12.7. The summed E-state index contributed by atoms with van der Waals surface area (Å²) in [5.41, 5.74) is -2.00. The number of rotatable bonds is 9. The molecule has 4 rings (SSSR count). The van der Waals surface area contributed by atoms with Gasteiger partial charge in [-0.1, -0.05) is 47.5 Å². The predicted octanol–water partition coefficient (Wildman–Crippen LogP) is 6.71. The number of hydrogen-bond donors (Lipinski definition) is 2. The minimum atomic E-state index is -4.63. The van der Waals surface area contributed by atoms with Crippen molar-refractivity contribution in [1.29, 1.82) is 0 Å². The molecule has 2 atom stereocenters. The molecular weight excluding hydrogens is 606 g/mol. The topological polar surface area (TPSA) is 85.6 Å². The van der Waals surface area contributed by atoms with Crippen molar-refractivity contribution >= 4 is 35.1 Å². The maximum atomic E-state index is 14.5. The van der Waals surface area contributed by atoms with Crippen LogP contribution in [0.25, 0.3) is 0 Å². The fourth-order valence-corrected chi connectivity index (χ4v) is 5.66. The van der Waals surface area contributed by atoms with Crippen LogP contribution in [0.15, 0.2) is 71.7 Å². The number of aliphatic hydroxyl groups is 2. The van der Waals surface area contributed by atoms with Gasteiger partial charge in [-0.15, -0.1) is 0 Å². The van der Waals surface area contributed by atoms with Gasteiger partial charge >= 0.3 is 12.2 Å². The van der Waals surface area contributed by atoms with Gasteiger partial charge in [0, 0.05) is 23.1 Å². The molecule has 2 N–H and O–H groups in total. The van der Waals surface area contributed by atoms with Crippen molar-refractivity contribution < 1.29 is 32.9 Å². The molecule has 3 aromatic rings. The molecule has 0 aromatic heterocycles. The smallest absolute Gasteiger partial charge is 0.416 e. The zero-order valence-corrected chi connectivity index (χ0v) is 25.3. The van der Waals surface area contributed by atoms with Crippen LogP contribution >= 0.6 is 23.2 Å². The third-order valence-electron chi connectivity index (χ3n) is 7.80. The summed E-state index contributed by atoms with van der Waals surface area (Å²) in [7, 11) is 0. The Bertz CT molecular complexity index is 1480. The van der Waals surface area contributed by atoms with Gasteiger partial charge in [0.05, 0.1) is 30.9 Å². The standard InChI is InChI=1S/C31H32Cl2F3N3O4/c1-4-43-26-19-22(31(34,35)36)9-14-25(26)27-37-29(2,20-5-10-23(32)11-6-20)30(3,21-7-12-24(33)13-8-21)39(27)28(42)38(15-17-40)16-18-41/h5-14,19,40-41H,4,15-18H2,1-3H3. The molecule has 0 aliphatic carbocycles. The molecule has 12 heteroatoms. The lowest BCUT2D eigenvalue weighted by atomic mass is 9.71. The van der Waals surface area contributed by atoms with Crippen LogP contribution in [0.3, 0.4) is 0 Å². The molecule has 0 saturated carbocycles. The lowest BCUT2D eigenvalue weighted by Gasteiger charge is -2.46. The Balaban J connectivity index is 2.08. The van der Waals surface area contributed by atoms with Crippen LogP contribution in [-0.2, 0) is 17.3 Å². The average Bonchev–Trinajstić information content (AvgIpc) is 3.21. The summed E-state index contributed by atoms with van der Waals surface area (Å²) < 4.78 is 46.9. The largest absolute Gasteiger partial charge is 0.493 e. The van der Waals surface area contributed by atoms with Crippen LogP contribution in [0.4, 0.5) is 18.0 Å². The first kappa shape index (κ1) is 32.6. The van der Waals surface area contributed by atoms with E-state index >= 15 is 0 Å². The van der Waals surface area contributed by atoms with Gasteiger partial charge in [-0.2, -0.15) is 13.2 Å². The molecule has 1 aliphatic rings. The van der Waals surface area contributed by atoms with Crippen LogP contribution in [-0.4, -0.2) is 64.8 Å². The molecule has 3 aromatic carbocycles. The van der Waals surface area contributed by atoms with Crippen molar-refractivity contribution in [3.63, 3.8) is 0 Å². The number of halogens is 5. The number of amides is 2. The number of urea groups is 1. The van der Waals surface area contributed by atoms with E-state index in [1.807, 2.05) is 6.92 Å². The molecular formula is C31H32Cl2F3N3O4. The molecule has 7 nitrogen and oxygen atoms in total. The first-order valence-electron chi connectivity index (χ1n) is 13.6. The number of alkyl halides is 3. The summed E-state index contributed by atoms with van der Waals surface area (Å²) in [6, 6.07) is 16.2. The molecule has 0 fully saturated rings. The van der Waals surface area contributed by atoms with Crippen molar-refractivity contribution in [2.75, 3.05) is 32.9 Å². The van der Waals surface area contributed by atoms with Gasteiger partial charge in [0.25, 0.3) is 0 Å². The van der Waals surface area contributed by atoms with Gasteiger partial charge in [-0.05, 0) is 74.4 Å². The Morgan fingerprint density at radius 2 is 1.47 bits per heavy atom. The van der Waals surface area contributed by atoms with Crippen LogP contribution in [0.2, 0.25) is 10.0 Å². The Hall–Kier alpha value is -3.31. The van der Waals surface area contributed by atoms with Gasteiger partial charge in [0.2, 0.25) is 0 Å². The SMILES string of the molecule is CCOc1cc(C(F)(F)F)ccc1C1=NC(C)(c2ccc(Cl)cc2)C(C)(c2ccc(Cl)cc2)N1C(=O)N(CCO)CCO. The number of aliphatic imine (C=N–C) groups is 1. The second-order valence-corrected chi connectivity index (χ2v) is 11.2. The van der Waals surface area contributed by atoms with Crippen molar-refractivity contribution in [3.05, 3.63) is 99.0 Å². The first-order valence-corrected chi connectivity index (χ1v) is 14.3. The van der Waals surface area contributed by atoms with Crippen LogP contribution in [0.5, 0.6) is 5.75 Å². The van der Waals surface area contributed by atoms with Crippen molar-refractivity contribution in [2.45, 2.75) is 38.0 Å². The molecule has 0 radical (unpaired) electrons. The van der Waals surface area contributed by atoms with Crippen molar-refractivity contribution in [3.8, 4) is 5.75 Å². The molecule has 2 amide bonds. The van der Waals surface area contributed by atoms with Crippen molar-refractivity contribution in [2.24, 2.45) is 4.99 Å². The normalized spacial score (nSPS) is 20.2.